The van der Waals surface area contributed by atoms with Crippen LogP contribution in [0.15, 0.2) is 6.20 Å². The monoisotopic (exact) mass is 213 g/mol. The first-order valence-electron chi connectivity index (χ1n) is 4.45. The number of aromatic nitrogens is 2. The average molecular weight is 213 g/mol. The number of hydrogen-bond donors (Lipinski definition) is 0. The Labute approximate surface area is 85.8 Å². The summed E-state index contributed by atoms with van der Waals surface area (Å²) in [5.74, 6) is 0.0100. The molecule has 0 radical (unpaired) electrons. The number of amides is 1. The molecule has 1 aliphatic heterocycles. The van der Waals surface area contributed by atoms with Gasteiger partial charge in [0.15, 0.2) is 0 Å². The second-order valence-electron chi connectivity index (χ2n) is 3.20. The van der Waals surface area contributed by atoms with Crippen LogP contribution in [0.1, 0.15) is 16.6 Å². The van der Waals surface area contributed by atoms with E-state index in [1.165, 1.54) is 6.20 Å². The van der Waals surface area contributed by atoms with Gasteiger partial charge in [0.1, 0.15) is 4.88 Å². The van der Waals surface area contributed by atoms with E-state index in [-0.39, 0.29) is 11.9 Å². The highest BCUT2D eigenvalue weighted by Gasteiger charge is 2.25. The highest BCUT2D eigenvalue weighted by Crippen LogP contribution is 2.13. The van der Waals surface area contributed by atoms with E-state index in [0.717, 1.165) is 11.5 Å². The van der Waals surface area contributed by atoms with Crippen LogP contribution in [0.3, 0.4) is 0 Å². The summed E-state index contributed by atoms with van der Waals surface area (Å²) in [7, 11) is 0. The van der Waals surface area contributed by atoms with Crippen molar-refractivity contribution in [3.8, 4) is 0 Å². The zero-order chi connectivity index (χ0) is 9.97. The molecule has 0 N–H and O–H groups in total. The zero-order valence-corrected chi connectivity index (χ0v) is 8.66. The van der Waals surface area contributed by atoms with Crippen LogP contribution in [0.2, 0.25) is 0 Å². The summed E-state index contributed by atoms with van der Waals surface area (Å²) in [5.41, 5.74) is 0. The maximum absolute atomic E-state index is 11.9. The van der Waals surface area contributed by atoms with Gasteiger partial charge in [-0.05, 0) is 18.5 Å². The number of morpholine rings is 1. The predicted molar refractivity (Wildman–Crippen MR) is 51.2 cm³/mol. The third-order valence-electron chi connectivity index (χ3n) is 2.20. The van der Waals surface area contributed by atoms with Gasteiger partial charge in [0.25, 0.3) is 5.91 Å². The fourth-order valence-corrected chi connectivity index (χ4v) is 1.90. The first kappa shape index (κ1) is 9.54. The molecular weight excluding hydrogens is 202 g/mol. The van der Waals surface area contributed by atoms with Gasteiger partial charge >= 0.3 is 0 Å². The molecule has 1 aromatic heterocycles. The fraction of sp³-hybridized carbons (Fsp3) is 0.625. The van der Waals surface area contributed by atoms with Crippen molar-refractivity contribution in [1.82, 2.24) is 14.5 Å². The molecule has 1 aliphatic rings. The summed E-state index contributed by atoms with van der Waals surface area (Å²) in [5, 5.41) is 3.65. The van der Waals surface area contributed by atoms with Crippen molar-refractivity contribution >= 4 is 17.4 Å². The summed E-state index contributed by atoms with van der Waals surface area (Å²) in [6.07, 6.45) is 1.51. The lowest BCUT2D eigenvalue weighted by Crippen LogP contribution is -2.46. The molecule has 76 valence electrons. The quantitative estimate of drug-likeness (QED) is 0.677. The van der Waals surface area contributed by atoms with Crippen LogP contribution in [0.5, 0.6) is 0 Å². The summed E-state index contributed by atoms with van der Waals surface area (Å²) in [6.45, 7) is 3.85. The molecule has 0 saturated carbocycles. The largest absolute Gasteiger partial charge is 0.377 e. The van der Waals surface area contributed by atoms with Gasteiger partial charge in [-0.1, -0.05) is 4.49 Å². The smallest absolute Gasteiger partial charge is 0.267 e. The molecule has 2 rings (SSSR count). The molecule has 5 nitrogen and oxygen atoms in total. The van der Waals surface area contributed by atoms with Crippen LogP contribution in [-0.4, -0.2) is 46.2 Å². The van der Waals surface area contributed by atoms with Crippen molar-refractivity contribution in [3.63, 3.8) is 0 Å². The molecule has 1 amide bonds. The third kappa shape index (κ3) is 1.76. The summed E-state index contributed by atoms with van der Waals surface area (Å²) in [6, 6.07) is 0.137. The first-order chi connectivity index (χ1) is 6.79. The first-order valence-corrected chi connectivity index (χ1v) is 5.22. The maximum atomic E-state index is 11.9. The standard InChI is InChI=1S/C8H11N3O2S/c1-6-5-13-3-2-11(6)8(12)7-4-9-10-14-7/h4,6H,2-3,5H2,1H3. The van der Waals surface area contributed by atoms with Gasteiger partial charge in [0, 0.05) is 6.54 Å². The second kappa shape index (κ2) is 4.02. The molecule has 1 atom stereocenters. The minimum atomic E-state index is 0.0100. The summed E-state index contributed by atoms with van der Waals surface area (Å²) in [4.78, 5) is 14.3. The molecule has 1 fully saturated rings. The van der Waals surface area contributed by atoms with E-state index in [0.29, 0.717) is 24.6 Å². The van der Waals surface area contributed by atoms with Crippen LogP contribution in [0.25, 0.3) is 0 Å². The van der Waals surface area contributed by atoms with Crippen molar-refractivity contribution in [2.45, 2.75) is 13.0 Å². The highest BCUT2D eigenvalue weighted by atomic mass is 32.1. The van der Waals surface area contributed by atoms with Gasteiger partial charge in [-0.25, -0.2) is 0 Å². The Balaban J connectivity index is 2.10. The average Bonchev–Trinajstić information content (AvgIpc) is 2.70. The van der Waals surface area contributed by atoms with E-state index in [9.17, 15) is 4.79 Å². The lowest BCUT2D eigenvalue weighted by Gasteiger charge is -2.32. The second-order valence-corrected chi connectivity index (χ2v) is 3.99. The van der Waals surface area contributed by atoms with Gasteiger partial charge < -0.3 is 9.64 Å². The number of hydrogen-bond acceptors (Lipinski definition) is 5. The van der Waals surface area contributed by atoms with E-state index in [2.05, 4.69) is 9.59 Å². The Morgan fingerprint density at radius 2 is 2.64 bits per heavy atom. The van der Waals surface area contributed by atoms with Crippen LogP contribution in [0.4, 0.5) is 0 Å². The van der Waals surface area contributed by atoms with E-state index in [1.807, 2.05) is 6.92 Å². The lowest BCUT2D eigenvalue weighted by molar-refractivity contribution is 0.00385. The van der Waals surface area contributed by atoms with Crippen molar-refractivity contribution < 1.29 is 9.53 Å². The molecule has 0 spiro atoms. The van der Waals surface area contributed by atoms with E-state index in [1.54, 1.807) is 4.90 Å². The highest BCUT2D eigenvalue weighted by molar-refractivity contribution is 7.07. The van der Waals surface area contributed by atoms with Crippen LogP contribution < -0.4 is 0 Å². The minimum absolute atomic E-state index is 0.0100. The van der Waals surface area contributed by atoms with Crippen molar-refractivity contribution in [2.75, 3.05) is 19.8 Å². The van der Waals surface area contributed by atoms with Crippen molar-refractivity contribution in [1.29, 1.82) is 0 Å². The molecule has 2 heterocycles. The van der Waals surface area contributed by atoms with Crippen LogP contribution >= 0.6 is 11.5 Å². The number of ether oxygens (including phenoxy) is 1. The molecule has 0 aromatic carbocycles. The topological polar surface area (TPSA) is 55.3 Å². The number of rotatable bonds is 1. The molecule has 14 heavy (non-hydrogen) atoms. The van der Waals surface area contributed by atoms with E-state index < -0.39 is 0 Å². The van der Waals surface area contributed by atoms with E-state index >= 15 is 0 Å². The SMILES string of the molecule is CC1COCCN1C(=O)c1cnns1. The molecule has 6 heteroatoms. The Hall–Kier alpha value is -1.01. The molecular formula is C8H11N3O2S. The van der Waals surface area contributed by atoms with Gasteiger partial charge in [-0.15, -0.1) is 5.10 Å². The lowest BCUT2D eigenvalue weighted by atomic mass is 10.2. The number of nitrogens with zero attached hydrogens (tertiary/aromatic N) is 3. The summed E-state index contributed by atoms with van der Waals surface area (Å²) < 4.78 is 8.93. The zero-order valence-electron chi connectivity index (χ0n) is 7.84. The fourth-order valence-electron chi connectivity index (χ4n) is 1.43. The van der Waals surface area contributed by atoms with Gasteiger partial charge in [0.2, 0.25) is 0 Å². The molecule has 0 aliphatic carbocycles. The number of carbonyl (C=O) groups is 1. The van der Waals surface area contributed by atoms with Crippen LogP contribution in [0, 0.1) is 0 Å². The molecule has 1 unspecified atom stereocenters. The van der Waals surface area contributed by atoms with Crippen LogP contribution in [-0.2, 0) is 4.74 Å². The van der Waals surface area contributed by atoms with Gasteiger partial charge in [0.05, 0.1) is 25.5 Å². The summed E-state index contributed by atoms with van der Waals surface area (Å²) >= 11 is 1.13. The van der Waals surface area contributed by atoms with Crippen molar-refractivity contribution in [2.24, 2.45) is 0 Å². The third-order valence-corrected chi connectivity index (χ3v) is 2.85. The maximum Gasteiger partial charge on any atom is 0.267 e. The Bertz CT molecular complexity index is 314. The molecule has 1 aromatic rings. The predicted octanol–water partition coefficient (Wildman–Crippen LogP) is 0.399. The normalized spacial score (nSPS) is 22.4. The van der Waals surface area contributed by atoms with E-state index in [4.69, 9.17) is 4.74 Å². The Kier molecular flexibility index (Phi) is 2.74. The van der Waals surface area contributed by atoms with Gasteiger partial charge in [-0.2, -0.15) is 0 Å². The minimum Gasteiger partial charge on any atom is -0.377 e. The Morgan fingerprint density at radius 3 is 3.29 bits per heavy atom. The number of carbonyl (C=O) groups excluding carboxylic acids is 1. The molecule has 1 saturated heterocycles. The molecule has 0 bridgehead atoms. The Morgan fingerprint density at radius 1 is 1.79 bits per heavy atom. The van der Waals surface area contributed by atoms with Gasteiger partial charge in [-0.3, -0.25) is 4.79 Å². The van der Waals surface area contributed by atoms with Crippen molar-refractivity contribution in [3.05, 3.63) is 11.1 Å².